The smallest absolute Gasteiger partial charge is 0.390 e. The summed E-state index contributed by atoms with van der Waals surface area (Å²) in [5, 5.41) is 21.1. The fourth-order valence-electron chi connectivity index (χ4n) is 2.99. The number of hydrogen-bond donors (Lipinski definition) is 1. The van der Waals surface area contributed by atoms with Crippen molar-refractivity contribution in [3.05, 3.63) is 58.7 Å². The van der Waals surface area contributed by atoms with Gasteiger partial charge in [-0.05, 0) is 35.3 Å². The molecule has 0 atom stereocenters. The first-order valence-corrected chi connectivity index (χ1v) is 10.8. The summed E-state index contributed by atoms with van der Waals surface area (Å²) < 4.78 is 34.4. The molecule has 0 bridgehead atoms. The summed E-state index contributed by atoms with van der Waals surface area (Å²) in [4.78, 5) is 26.1. The van der Waals surface area contributed by atoms with Crippen molar-refractivity contribution in [2.24, 2.45) is 0 Å². The number of sulfonamides is 1. The molecule has 0 radical (unpaired) electrons. The van der Waals surface area contributed by atoms with Crippen molar-refractivity contribution < 1.29 is 22.9 Å². The van der Waals surface area contributed by atoms with Crippen molar-refractivity contribution >= 4 is 27.6 Å². The molecule has 0 saturated carbocycles. The van der Waals surface area contributed by atoms with Crippen LogP contribution in [0.4, 0.5) is 11.6 Å². The van der Waals surface area contributed by atoms with Crippen LogP contribution in [-0.4, -0.2) is 74.4 Å². The van der Waals surface area contributed by atoms with Crippen molar-refractivity contribution in [3.63, 3.8) is 0 Å². The average Bonchev–Trinajstić information content (AvgIpc) is 3.45. The number of hydrogen-bond acceptors (Lipinski definition) is 9. The summed E-state index contributed by atoms with van der Waals surface area (Å²) in [5.41, 5.74) is 0.502. The van der Waals surface area contributed by atoms with Crippen molar-refractivity contribution in [2.45, 2.75) is 11.6 Å². The Balaban J connectivity index is 1.39. The van der Waals surface area contributed by atoms with Gasteiger partial charge in [-0.15, -0.1) is 0 Å². The average molecular weight is 462 g/mol. The lowest BCUT2D eigenvalue weighted by molar-refractivity contribution is -0.394. The summed E-state index contributed by atoms with van der Waals surface area (Å²) in [7, 11) is -3.62. The molecular formula is C17H18N8O6S. The SMILES string of the molecule is O=C(Nc1ccc(S(=O)(=O)N2CCOCC2)cc1)c1ccn(Cn2cnc([N+](=O)[O-])n2)n1. The van der Waals surface area contributed by atoms with Crippen LogP contribution >= 0.6 is 0 Å². The molecule has 32 heavy (non-hydrogen) atoms. The van der Waals surface area contributed by atoms with E-state index >= 15 is 0 Å². The van der Waals surface area contributed by atoms with Gasteiger partial charge in [-0.2, -0.15) is 14.1 Å². The van der Waals surface area contributed by atoms with Gasteiger partial charge in [0, 0.05) is 30.1 Å². The van der Waals surface area contributed by atoms with E-state index in [0.717, 1.165) is 0 Å². The lowest BCUT2D eigenvalue weighted by Crippen LogP contribution is -2.40. The predicted octanol–water partition coefficient (Wildman–Crippen LogP) is 0.162. The number of nitrogens with one attached hydrogen (secondary N) is 1. The molecule has 1 amide bonds. The summed E-state index contributed by atoms with van der Waals surface area (Å²) >= 11 is 0. The van der Waals surface area contributed by atoms with E-state index in [2.05, 4.69) is 20.5 Å². The van der Waals surface area contributed by atoms with Gasteiger partial charge in [0.2, 0.25) is 16.4 Å². The van der Waals surface area contributed by atoms with E-state index < -0.39 is 26.8 Å². The Bertz CT molecular complexity index is 1230. The lowest BCUT2D eigenvalue weighted by atomic mass is 10.3. The monoisotopic (exact) mass is 462 g/mol. The first kappa shape index (κ1) is 21.5. The maximum atomic E-state index is 12.7. The van der Waals surface area contributed by atoms with E-state index in [1.54, 1.807) is 0 Å². The summed E-state index contributed by atoms with van der Waals surface area (Å²) in [5.74, 6) is -1.04. The van der Waals surface area contributed by atoms with Crippen LogP contribution in [0.5, 0.6) is 0 Å². The molecule has 3 aromatic rings. The van der Waals surface area contributed by atoms with Gasteiger partial charge in [0.1, 0.15) is 0 Å². The Morgan fingerprint density at radius 3 is 2.50 bits per heavy atom. The summed E-state index contributed by atoms with van der Waals surface area (Å²) in [6.45, 7) is 1.33. The molecule has 4 rings (SSSR count). The van der Waals surface area contributed by atoms with Gasteiger partial charge in [-0.3, -0.25) is 4.79 Å². The molecule has 1 aromatic carbocycles. The number of nitrogens with zero attached hydrogens (tertiary/aromatic N) is 7. The fraction of sp³-hybridized carbons (Fsp3) is 0.294. The highest BCUT2D eigenvalue weighted by molar-refractivity contribution is 7.89. The third kappa shape index (κ3) is 4.63. The van der Waals surface area contributed by atoms with Crippen molar-refractivity contribution in [1.82, 2.24) is 28.9 Å². The Morgan fingerprint density at radius 1 is 1.12 bits per heavy atom. The zero-order valence-corrected chi connectivity index (χ0v) is 17.4. The van der Waals surface area contributed by atoms with Gasteiger partial charge in [0.25, 0.3) is 5.91 Å². The van der Waals surface area contributed by atoms with Gasteiger partial charge < -0.3 is 20.2 Å². The standard InChI is InChI=1S/C17H18N8O6S/c26-16(15-5-6-22(20-15)12-23-11-18-17(21-23)25(27)28)19-13-1-3-14(4-2-13)32(29,30)24-7-9-31-10-8-24/h1-6,11H,7-10,12H2,(H,19,26). The second-order valence-electron chi connectivity index (χ2n) is 6.72. The zero-order valence-electron chi connectivity index (χ0n) is 16.6. The largest absolute Gasteiger partial charge is 0.491 e. The minimum absolute atomic E-state index is 0.0300. The third-order valence-electron chi connectivity index (χ3n) is 4.57. The van der Waals surface area contributed by atoms with E-state index in [1.165, 1.54) is 56.5 Å². The number of morpholine rings is 1. The number of ether oxygens (including phenoxy) is 1. The third-order valence-corrected chi connectivity index (χ3v) is 6.48. The highest BCUT2D eigenvalue weighted by Crippen LogP contribution is 2.19. The minimum atomic E-state index is -3.62. The van der Waals surface area contributed by atoms with Gasteiger partial charge in [-0.25, -0.2) is 13.1 Å². The van der Waals surface area contributed by atoms with E-state index in [-0.39, 0.29) is 17.3 Å². The van der Waals surface area contributed by atoms with Crippen LogP contribution in [0.1, 0.15) is 10.5 Å². The molecule has 1 N–H and O–H groups in total. The molecule has 168 valence electrons. The van der Waals surface area contributed by atoms with Crippen molar-refractivity contribution in [1.29, 1.82) is 0 Å². The zero-order chi connectivity index (χ0) is 22.7. The number of carbonyl (C=O) groups excluding carboxylic acids is 1. The van der Waals surface area contributed by atoms with Crippen LogP contribution in [-0.2, 0) is 21.4 Å². The predicted molar refractivity (Wildman–Crippen MR) is 108 cm³/mol. The van der Waals surface area contributed by atoms with Crippen LogP contribution < -0.4 is 5.32 Å². The van der Waals surface area contributed by atoms with Gasteiger partial charge in [-0.1, -0.05) is 4.98 Å². The molecular weight excluding hydrogens is 444 g/mol. The minimum Gasteiger partial charge on any atom is -0.390 e. The van der Waals surface area contributed by atoms with E-state index in [1.807, 2.05) is 0 Å². The highest BCUT2D eigenvalue weighted by atomic mass is 32.2. The number of carbonyl (C=O) groups is 1. The van der Waals surface area contributed by atoms with Gasteiger partial charge in [0.15, 0.2) is 12.4 Å². The quantitative estimate of drug-likeness (QED) is 0.380. The normalized spacial score (nSPS) is 14.9. The topological polar surface area (TPSA) is 167 Å². The number of rotatable bonds is 7. The Hall–Kier alpha value is -3.69. The Kier molecular flexibility index (Phi) is 5.93. The second-order valence-corrected chi connectivity index (χ2v) is 8.66. The molecule has 1 aliphatic heterocycles. The number of amides is 1. The Labute approximate surface area is 181 Å². The first-order valence-electron chi connectivity index (χ1n) is 9.39. The molecule has 15 heteroatoms. The van der Waals surface area contributed by atoms with E-state index in [0.29, 0.717) is 32.0 Å². The van der Waals surface area contributed by atoms with Crippen molar-refractivity contribution in [2.75, 3.05) is 31.6 Å². The molecule has 14 nitrogen and oxygen atoms in total. The number of anilines is 1. The van der Waals surface area contributed by atoms with E-state index in [9.17, 15) is 23.3 Å². The van der Waals surface area contributed by atoms with Crippen LogP contribution in [0.25, 0.3) is 0 Å². The maximum absolute atomic E-state index is 12.7. The molecule has 2 aromatic heterocycles. The number of aromatic nitrogens is 5. The highest BCUT2D eigenvalue weighted by Gasteiger charge is 2.26. The van der Waals surface area contributed by atoms with Crippen LogP contribution in [0.2, 0.25) is 0 Å². The number of benzene rings is 1. The lowest BCUT2D eigenvalue weighted by Gasteiger charge is -2.26. The summed E-state index contributed by atoms with van der Waals surface area (Å²) in [6, 6.07) is 7.32. The van der Waals surface area contributed by atoms with E-state index in [4.69, 9.17) is 4.74 Å². The molecule has 3 heterocycles. The van der Waals surface area contributed by atoms with Crippen LogP contribution in [0.3, 0.4) is 0 Å². The van der Waals surface area contributed by atoms with Crippen LogP contribution in [0, 0.1) is 10.1 Å². The molecule has 1 saturated heterocycles. The molecule has 1 fully saturated rings. The summed E-state index contributed by atoms with van der Waals surface area (Å²) in [6.07, 6.45) is 2.70. The fourth-order valence-corrected chi connectivity index (χ4v) is 4.40. The van der Waals surface area contributed by atoms with Gasteiger partial charge >= 0.3 is 5.95 Å². The molecule has 1 aliphatic rings. The number of nitro groups is 1. The molecule has 0 unspecified atom stereocenters. The van der Waals surface area contributed by atoms with Crippen molar-refractivity contribution in [3.8, 4) is 0 Å². The molecule has 0 aliphatic carbocycles. The van der Waals surface area contributed by atoms with Gasteiger partial charge in [0.05, 0.1) is 18.1 Å². The first-order chi connectivity index (χ1) is 15.3. The van der Waals surface area contributed by atoms with Crippen LogP contribution in [0.15, 0.2) is 47.8 Å². The molecule has 0 spiro atoms. The second kappa shape index (κ2) is 8.81. The Morgan fingerprint density at radius 2 is 1.84 bits per heavy atom. The maximum Gasteiger partial charge on any atom is 0.491 e.